The summed E-state index contributed by atoms with van der Waals surface area (Å²) in [5.74, 6) is -2.31. The Morgan fingerprint density at radius 3 is 2.02 bits per heavy atom. The average Bonchev–Trinajstić information content (AvgIpc) is 3.14. The predicted octanol–water partition coefficient (Wildman–Crippen LogP) is 4.22. The number of amides is 7. The van der Waals surface area contributed by atoms with Crippen molar-refractivity contribution in [2.75, 3.05) is 18.4 Å². The van der Waals surface area contributed by atoms with Crippen LogP contribution in [-0.4, -0.2) is 65.6 Å². The van der Waals surface area contributed by atoms with E-state index in [0.717, 1.165) is 16.9 Å². The first-order valence-corrected chi connectivity index (χ1v) is 17.0. The molecule has 0 aliphatic carbocycles. The van der Waals surface area contributed by atoms with Crippen molar-refractivity contribution in [2.45, 2.75) is 91.6 Å². The molecule has 0 radical (unpaired) electrons. The molecular formula is C32H46Br2N6O6. The van der Waals surface area contributed by atoms with E-state index in [4.69, 9.17) is 5.73 Å². The fraction of sp³-hybridized carbons (Fsp3) is 0.562. The number of anilines is 1. The number of nitrogens with two attached hydrogens (primary N) is 1. The third-order valence-electron chi connectivity index (χ3n) is 7.17. The van der Waals surface area contributed by atoms with E-state index in [1.807, 2.05) is 24.3 Å². The molecule has 1 aliphatic rings. The molecule has 0 bridgehead atoms. The second-order valence-corrected chi connectivity index (χ2v) is 14.5. The monoisotopic (exact) mass is 768 g/mol. The summed E-state index contributed by atoms with van der Waals surface area (Å²) < 4.78 is 0.393. The minimum atomic E-state index is -0.930. The van der Waals surface area contributed by atoms with E-state index in [0.29, 0.717) is 31.4 Å². The Balaban J connectivity index is 1.95. The molecule has 1 heterocycles. The molecule has 1 unspecified atom stereocenters. The molecule has 14 heteroatoms. The van der Waals surface area contributed by atoms with Crippen molar-refractivity contribution in [3.63, 3.8) is 0 Å². The predicted molar refractivity (Wildman–Crippen MR) is 184 cm³/mol. The maximum Gasteiger partial charge on any atom is 0.312 e. The van der Waals surface area contributed by atoms with Crippen molar-refractivity contribution in [1.29, 1.82) is 0 Å². The molecule has 12 nitrogen and oxygen atoms in total. The highest BCUT2D eigenvalue weighted by atomic mass is 79.9. The van der Waals surface area contributed by atoms with Gasteiger partial charge in [0.25, 0.3) is 11.8 Å². The van der Waals surface area contributed by atoms with E-state index in [-0.39, 0.29) is 52.1 Å². The maximum atomic E-state index is 13.4. The van der Waals surface area contributed by atoms with Crippen molar-refractivity contribution >= 4 is 73.1 Å². The maximum absolute atomic E-state index is 13.4. The summed E-state index contributed by atoms with van der Waals surface area (Å²) >= 11 is 6.20. The van der Waals surface area contributed by atoms with Crippen LogP contribution in [0.25, 0.3) is 0 Å². The molecule has 2 rings (SSSR count). The topological polar surface area (TPSA) is 180 Å². The Labute approximate surface area is 287 Å². The van der Waals surface area contributed by atoms with Gasteiger partial charge >= 0.3 is 6.03 Å². The zero-order chi connectivity index (χ0) is 34.6. The highest BCUT2D eigenvalue weighted by Crippen LogP contribution is 2.29. The number of imide groups is 1. The van der Waals surface area contributed by atoms with Crippen LogP contribution in [0.3, 0.4) is 0 Å². The minimum Gasteiger partial charge on any atom is -0.352 e. The van der Waals surface area contributed by atoms with Gasteiger partial charge in [0.15, 0.2) is 0 Å². The Bertz CT molecular complexity index is 1280. The number of carbonyl (C=O) groups is 6. The van der Waals surface area contributed by atoms with Gasteiger partial charge in [-0.25, -0.2) is 4.79 Å². The number of nitrogens with one attached hydrogen (secondary N) is 4. The van der Waals surface area contributed by atoms with Crippen LogP contribution in [0, 0.1) is 11.3 Å². The number of primary amides is 1. The number of unbranched alkanes of at least 4 members (excludes halogenated alkanes) is 2. The fourth-order valence-electron chi connectivity index (χ4n) is 4.83. The molecule has 1 aliphatic heterocycles. The number of hydrogen-bond donors (Lipinski definition) is 5. The molecule has 1 aromatic carbocycles. The van der Waals surface area contributed by atoms with Crippen molar-refractivity contribution in [2.24, 2.45) is 17.1 Å². The molecule has 0 spiro atoms. The number of hydrogen-bond acceptors (Lipinski definition) is 6. The van der Waals surface area contributed by atoms with Crippen molar-refractivity contribution in [3.8, 4) is 0 Å². The van der Waals surface area contributed by atoms with E-state index >= 15 is 0 Å². The number of urea groups is 1. The summed E-state index contributed by atoms with van der Waals surface area (Å²) in [5, 5.41) is 10.9. The molecule has 2 atom stereocenters. The number of benzene rings is 1. The Morgan fingerprint density at radius 1 is 0.870 bits per heavy atom. The third kappa shape index (κ3) is 12.9. The lowest BCUT2D eigenvalue weighted by Crippen LogP contribution is -2.54. The van der Waals surface area contributed by atoms with Gasteiger partial charge in [-0.3, -0.25) is 28.9 Å². The van der Waals surface area contributed by atoms with E-state index < -0.39 is 41.7 Å². The largest absolute Gasteiger partial charge is 0.352 e. The van der Waals surface area contributed by atoms with Gasteiger partial charge in [0.05, 0.1) is 0 Å². The van der Waals surface area contributed by atoms with E-state index in [1.54, 1.807) is 13.8 Å². The highest BCUT2D eigenvalue weighted by molar-refractivity contribution is 9.14. The van der Waals surface area contributed by atoms with Gasteiger partial charge in [-0.1, -0.05) is 53.2 Å². The van der Waals surface area contributed by atoms with Gasteiger partial charge in [-0.2, -0.15) is 0 Å². The van der Waals surface area contributed by atoms with Crippen LogP contribution < -0.4 is 27.0 Å². The van der Waals surface area contributed by atoms with Gasteiger partial charge in [0, 0.05) is 25.2 Å². The quantitative estimate of drug-likeness (QED) is 0.117. The van der Waals surface area contributed by atoms with Crippen LogP contribution in [0.5, 0.6) is 0 Å². The summed E-state index contributed by atoms with van der Waals surface area (Å²) in [6.45, 7) is 10.5. The van der Waals surface area contributed by atoms with Crippen molar-refractivity contribution in [1.82, 2.24) is 20.9 Å². The standard InChI is InChI=1S/C32H46Br2N6O6/c1-19(2)26(39-23(41)11-7-6-8-17-40-29(44)24(33)25(34)30(40)45)28(43)38-22(10-9-16-36-31(35)46)27(42)37-21-14-12-20(13-15-21)18-32(3,4)5/h12-15,19,22,26H,6-11,16-18H2,1-5H3,(H,37,42)(H,38,43)(H,39,41)(H3,35,36,46)/t22-,26?/m1/s1. The smallest absolute Gasteiger partial charge is 0.312 e. The molecule has 0 saturated carbocycles. The molecule has 0 fully saturated rings. The van der Waals surface area contributed by atoms with Crippen molar-refractivity contribution < 1.29 is 28.8 Å². The van der Waals surface area contributed by atoms with E-state index in [9.17, 15) is 28.8 Å². The van der Waals surface area contributed by atoms with Crippen LogP contribution in [-0.2, 0) is 30.4 Å². The first-order valence-electron chi connectivity index (χ1n) is 15.4. The molecule has 254 valence electrons. The van der Waals surface area contributed by atoms with E-state index in [1.165, 1.54) is 0 Å². The van der Waals surface area contributed by atoms with Gasteiger partial charge < -0.3 is 27.0 Å². The molecule has 1 aromatic rings. The van der Waals surface area contributed by atoms with Crippen LogP contribution in [0.1, 0.15) is 78.7 Å². The average molecular weight is 771 g/mol. The Kier molecular flexibility index (Phi) is 15.4. The first-order chi connectivity index (χ1) is 21.5. The second-order valence-electron chi connectivity index (χ2n) is 12.9. The van der Waals surface area contributed by atoms with Gasteiger partial charge in [0.2, 0.25) is 17.7 Å². The highest BCUT2D eigenvalue weighted by Gasteiger charge is 2.35. The van der Waals surface area contributed by atoms with Crippen LogP contribution >= 0.6 is 31.9 Å². The Hall–Kier alpha value is -3.26. The van der Waals surface area contributed by atoms with E-state index in [2.05, 4.69) is 73.9 Å². The summed E-state index contributed by atoms with van der Waals surface area (Å²) in [6.07, 6.45) is 3.25. The number of halogens is 2. The van der Waals surface area contributed by atoms with Crippen LogP contribution in [0.2, 0.25) is 0 Å². The van der Waals surface area contributed by atoms with Gasteiger partial charge in [-0.05, 0) is 93.0 Å². The third-order valence-corrected chi connectivity index (χ3v) is 9.17. The SMILES string of the molecule is CC(C)C(NC(=O)CCCCCN1C(=O)C(Br)=C(Br)C1=O)C(=O)N[C@H](CCCNC(N)=O)C(=O)Nc1ccc(CC(C)(C)C)cc1. The second kappa shape index (κ2) is 18.2. The lowest BCUT2D eigenvalue weighted by Gasteiger charge is -2.25. The Morgan fingerprint density at radius 2 is 1.48 bits per heavy atom. The van der Waals surface area contributed by atoms with Crippen molar-refractivity contribution in [3.05, 3.63) is 38.8 Å². The van der Waals surface area contributed by atoms with Gasteiger partial charge in [-0.15, -0.1) is 0 Å². The number of rotatable bonds is 17. The molecule has 46 heavy (non-hydrogen) atoms. The van der Waals surface area contributed by atoms with Crippen LogP contribution in [0.4, 0.5) is 10.5 Å². The summed E-state index contributed by atoms with van der Waals surface area (Å²) in [5.41, 5.74) is 6.99. The molecule has 7 amide bonds. The number of carbonyl (C=O) groups excluding carboxylic acids is 6. The zero-order valence-corrected chi connectivity index (χ0v) is 30.3. The minimum absolute atomic E-state index is 0.117. The normalized spacial score (nSPS) is 14.7. The fourth-order valence-corrected chi connectivity index (χ4v) is 5.60. The first kappa shape index (κ1) is 38.9. The summed E-state index contributed by atoms with van der Waals surface area (Å²) in [4.78, 5) is 75.9. The molecular weight excluding hydrogens is 724 g/mol. The molecule has 6 N–H and O–H groups in total. The lowest BCUT2D eigenvalue weighted by atomic mass is 9.88. The van der Waals surface area contributed by atoms with Crippen LogP contribution in [0.15, 0.2) is 33.2 Å². The van der Waals surface area contributed by atoms with Gasteiger partial charge in [0.1, 0.15) is 21.0 Å². The zero-order valence-electron chi connectivity index (χ0n) is 27.1. The number of nitrogens with zero attached hydrogens (tertiary/aromatic N) is 1. The molecule has 0 saturated heterocycles. The summed E-state index contributed by atoms with van der Waals surface area (Å²) in [7, 11) is 0. The molecule has 0 aromatic heterocycles. The summed E-state index contributed by atoms with van der Waals surface area (Å²) in [6, 6.07) is 5.05. The lowest BCUT2D eigenvalue weighted by molar-refractivity contribution is -0.137.